The minimum atomic E-state index is 0.142. The Morgan fingerprint density at radius 3 is 3.07 bits per heavy atom. The number of rotatable bonds is 6. The van der Waals surface area contributed by atoms with Crippen molar-refractivity contribution in [1.29, 1.82) is 0 Å². The summed E-state index contributed by atoms with van der Waals surface area (Å²) in [4.78, 5) is 12.4. The summed E-state index contributed by atoms with van der Waals surface area (Å²) < 4.78 is 3.81. The number of allylic oxidation sites excluding steroid dienone is 1. The number of hydrogen-bond donors (Lipinski definition) is 0. The van der Waals surface area contributed by atoms with Gasteiger partial charge in [0, 0.05) is 6.42 Å². The van der Waals surface area contributed by atoms with E-state index in [-0.39, 0.29) is 5.78 Å². The molecule has 76 valence electrons. The number of carbonyl (C=O) groups is 1. The van der Waals surface area contributed by atoms with Crippen molar-refractivity contribution in [3.63, 3.8) is 0 Å². The Morgan fingerprint density at radius 2 is 2.43 bits per heavy atom. The van der Waals surface area contributed by atoms with Crippen LogP contribution < -0.4 is 0 Å². The average molecular weight is 210 g/mol. The Kier molecular flexibility index (Phi) is 4.46. The highest BCUT2D eigenvalue weighted by Gasteiger charge is 2.14. The fourth-order valence-corrected chi connectivity index (χ4v) is 1.84. The van der Waals surface area contributed by atoms with Crippen LogP contribution in [-0.4, -0.2) is 15.4 Å². The van der Waals surface area contributed by atoms with E-state index in [0.29, 0.717) is 6.42 Å². The van der Waals surface area contributed by atoms with Gasteiger partial charge in [-0.25, -0.2) is 0 Å². The van der Waals surface area contributed by atoms with Gasteiger partial charge in [-0.05, 0) is 24.4 Å². The third kappa shape index (κ3) is 2.73. The SMILES string of the molecule is C=CCCC(=O)c1snnc1CCC. The fourth-order valence-electron chi connectivity index (χ4n) is 1.17. The largest absolute Gasteiger partial charge is 0.293 e. The Hall–Kier alpha value is -1.03. The maximum absolute atomic E-state index is 11.6. The molecule has 0 unspecified atom stereocenters. The smallest absolute Gasteiger partial charge is 0.176 e. The summed E-state index contributed by atoms with van der Waals surface area (Å²) in [6, 6.07) is 0. The molecule has 4 heteroatoms. The van der Waals surface area contributed by atoms with Gasteiger partial charge in [-0.1, -0.05) is 23.9 Å². The van der Waals surface area contributed by atoms with Crippen molar-refractivity contribution in [3.05, 3.63) is 23.2 Å². The standard InChI is InChI=1S/C10H14N2OS/c1-3-5-7-9(13)10-8(6-4-2)11-12-14-10/h3H,1,4-7H2,2H3. The van der Waals surface area contributed by atoms with Gasteiger partial charge < -0.3 is 0 Å². The molecule has 1 heterocycles. The van der Waals surface area contributed by atoms with E-state index in [1.807, 2.05) is 0 Å². The van der Waals surface area contributed by atoms with E-state index in [1.54, 1.807) is 6.08 Å². The van der Waals surface area contributed by atoms with Crippen LogP contribution in [0.2, 0.25) is 0 Å². The summed E-state index contributed by atoms with van der Waals surface area (Å²) in [5, 5.41) is 3.96. The highest BCUT2D eigenvalue weighted by Crippen LogP contribution is 2.15. The number of aryl methyl sites for hydroxylation is 1. The van der Waals surface area contributed by atoms with Crippen LogP contribution in [0.15, 0.2) is 12.7 Å². The highest BCUT2D eigenvalue weighted by atomic mass is 32.1. The van der Waals surface area contributed by atoms with E-state index >= 15 is 0 Å². The summed E-state index contributed by atoms with van der Waals surface area (Å²) >= 11 is 1.20. The Morgan fingerprint density at radius 1 is 1.64 bits per heavy atom. The van der Waals surface area contributed by atoms with E-state index in [0.717, 1.165) is 29.8 Å². The van der Waals surface area contributed by atoms with Crippen LogP contribution in [-0.2, 0) is 6.42 Å². The maximum Gasteiger partial charge on any atom is 0.176 e. The second-order valence-electron chi connectivity index (χ2n) is 3.05. The van der Waals surface area contributed by atoms with Crippen LogP contribution in [0.25, 0.3) is 0 Å². The number of aromatic nitrogens is 2. The number of hydrogen-bond acceptors (Lipinski definition) is 4. The maximum atomic E-state index is 11.6. The van der Waals surface area contributed by atoms with Crippen LogP contribution in [0.4, 0.5) is 0 Å². The lowest BCUT2D eigenvalue weighted by molar-refractivity contribution is 0.0986. The lowest BCUT2D eigenvalue weighted by Gasteiger charge is -1.96. The first-order valence-electron chi connectivity index (χ1n) is 4.75. The molecule has 0 aliphatic heterocycles. The van der Waals surface area contributed by atoms with Crippen molar-refractivity contribution >= 4 is 17.3 Å². The molecule has 0 radical (unpaired) electrons. The molecule has 0 saturated carbocycles. The molecule has 0 amide bonds. The van der Waals surface area contributed by atoms with Gasteiger partial charge in [0.15, 0.2) is 5.78 Å². The van der Waals surface area contributed by atoms with E-state index in [4.69, 9.17) is 0 Å². The van der Waals surface area contributed by atoms with Crippen molar-refractivity contribution < 1.29 is 4.79 Å². The van der Waals surface area contributed by atoms with Crippen LogP contribution in [0, 0.1) is 0 Å². The third-order valence-electron chi connectivity index (χ3n) is 1.87. The number of nitrogens with zero attached hydrogens (tertiary/aromatic N) is 2. The van der Waals surface area contributed by atoms with E-state index in [2.05, 4.69) is 23.1 Å². The molecule has 0 spiro atoms. The number of ketones is 1. The molecule has 0 fully saturated rings. The van der Waals surface area contributed by atoms with Gasteiger partial charge in [-0.15, -0.1) is 11.7 Å². The summed E-state index contributed by atoms with van der Waals surface area (Å²) in [6.45, 7) is 5.66. The van der Waals surface area contributed by atoms with Crippen molar-refractivity contribution in [2.75, 3.05) is 0 Å². The molecular weight excluding hydrogens is 196 g/mol. The van der Waals surface area contributed by atoms with Crippen molar-refractivity contribution in [1.82, 2.24) is 9.59 Å². The predicted molar refractivity (Wildman–Crippen MR) is 57.7 cm³/mol. The molecule has 0 saturated heterocycles. The Bertz CT molecular complexity index is 320. The van der Waals surface area contributed by atoms with E-state index in [9.17, 15) is 4.79 Å². The molecular formula is C10H14N2OS. The Labute approximate surface area is 88.0 Å². The molecule has 1 aromatic heterocycles. The normalized spacial score (nSPS) is 10.1. The molecule has 0 aliphatic carbocycles. The quantitative estimate of drug-likeness (QED) is 0.535. The number of carbonyl (C=O) groups excluding carboxylic acids is 1. The molecule has 1 rings (SSSR count). The monoisotopic (exact) mass is 210 g/mol. The zero-order valence-electron chi connectivity index (χ0n) is 8.32. The van der Waals surface area contributed by atoms with Crippen molar-refractivity contribution in [2.24, 2.45) is 0 Å². The summed E-state index contributed by atoms with van der Waals surface area (Å²) in [5.41, 5.74) is 0.853. The molecule has 3 nitrogen and oxygen atoms in total. The molecule has 0 atom stereocenters. The average Bonchev–Trinajstić information content (AvgIpc) is 2.63. The predicted octanol–water partition coefficient (Wildman–Crippen LogP) is 2.64. The zero-order chi connectivity index (χ0) is 10.4. The van der Waals surface area contributed by atoms with Crippen LogP contribution >= 0.6 is 11.5 Å². The summed E-state index contributed by atoms with van der Waals surface area (Å²) in [5.74, 6) is 0.142. The molecule has 0 bridgehead atoms. The van der Waals surface area contributed by atoms with Gasteiger partial charge in [-0.2, -0.15) is 0 Å². The van der Waals surface area contributed by atoms with Gasteiger partial charge in [0.25, 0.3) is 0 Å². The highest BCUT2D eigenvalue weighted by molar-refractivity contribution is 7.08. The van der Waals surface area contributed by atoms with Crippen LogP contribution in [0.3, 0.4) is 0 Å². The second-order valence-corrected chi connectivity index (χ2v) is 3.80. The van der Waals surface area contributed by atoms with E-state index < -0.39 is 0 Å². The van der Waals surface area contributed by atoms with Crippen LogP contribution in [0.1, 0.15) is 41.6 Å². The first kappa shape index (κ1) is 11.0. The first-order valence-corrected chi connectivity index (χ1v) is 5.52. The number of Topliss-reactive ketones (excluding diaryl/α,β-unsaturated/α-hetero) is 1. The van der Waals surface area contributed by atoms with Gasteiger partial charge >= 0.3 is 0 Å². The molecule has 0 N–H and O–H groups in total. The molecule has 14 heavy (non-hydrogen) atoms. The lowest BCUT2D eigenvalue weighted by Crippen LogP contribution is -2.00. The minimum absolute atomic E-state index is 0.142. The Balaban J connectivity index is 2.68. The molecule has 0 aromatic carbocycles. The molecule has 0 aliphatic rings. The summed E-state index contributed by atoms with van der Waals surface area (Å²) in [6.07, 6.45) is 4.83. The first-order chi connectivity index (χ1) is 6.79. The van der Waals surface area contributed by atoms with Crippen molar-refractivity contribution in [3.8, 4) is 0 Å². The van der Waals surface area contributed by atoms with Crippen molar-refractivity contribution in [2.45, 2.75) is 32.6 Å². The van der Waals surface area contributed by atoms with Gasteiger partial charge in [0.05, 0.1) is 5.69 Å². The third-order valence-corrected chi connectivity index (χ3v) is 2.68. The van der Waals surface area contributed by atoms with Gasteiger partial charge in [0.2, 0.25) is 0 Å². The molecule has 1 aromatic rings. The second kappa shape index (κ2) is 5.65. The van der Waals surface area contributed by atoms with Gasteiger partial charge in [0.1, 0.15) is 4.88 Å². The topological polar surface area (TPSA) is 42.9 Å². The van der Waals surface area contributed by atoms with E-state index in [1.165, 1.54) is 11.5 Å². The lowest BCUT2D eigenvalue weighted by atomic mass is 10.1. The fraction of sp³-hybridized carbons (Fsp3) is 0.500. The minimum Gasteiger partial charge on any atom is -0.293 e. The van der Waals surface area contributed by atoms with Crippen LogP contribution in [0.5, 0.6) is 0 Å². The summed E-state index contributed by atoms with van der Waals surface area (Å²) in [7, 11) is 0. The van der Waals surface area contributed by atoms with Gasteiger partial charge in [-0.3, -0.25) is 4.79 Å². The zero-order valence-corrected chi connectivity index (χ0v) is 9.14.